The summed E-state index contributed by atoms with van der Waals surface area (Å²) >= 11 is 0. The van der Waals surface area contributed by atoms with Gasteiger partial charge in [-0.25, -0.2) is 0 Å². The molecule has 2 aliphatic rings. The van der Waals surface area contributed by atoms with Gasteiger partial charge in [-0.2, -0.15) is 0 Å². The highest BCUT2D eigenvalue weighted by Gasteiger charge is 2.41. The summed E-state index contributed by atoms with van der Waals surface area (Å²) in [5.41, 5.74) is 6.32. The van der Waals surface area contributed by atoms with Gasteiger partial charge < -0.3 is 15.4 Å². The molecule has 0 radical (unpaired) electrons. The Morgan fingerprint density at radius 2 is 1.83 bits per heavy atom. The Hall–Kier alpha value is -1.10. The van der Waals surface area contributed by atoms with Gasteiger partial charge in [-0.05, 0) is 50.4 Å². The molecule has 5 nitrogen and oxygen atoms in total. The number of carbonyl (C=O) groups is 2. The maximum Gasteiger partial charge on any atom is 0.325 e. The molecule has 2 N–H and O–H groups in total. The molecule has 0 saturated heterocycles. The second kappa shape index (κ2) is 8.13. The smallest absolute Gasteiger partial charge is 0.325 e. The van der Waals surface area contributed by atoms with Crippen molar-refractivity contribution >= 4 is 11.9 Å². The SMILES string of the molecule is CCOC(=O)CN(CC(C)C)C(=O)C1CC2CCCC(C1)C2N. The largest absolute Gasteiger partial charge is 0.465 e. The van der Waals surface area contributed by atoms with Gasteiger partial charge in [0.25, 0.3) is 0 Å². The molecule has 0 aromatic rings. The number of amides is 1. The van der Waals surface area contributed by atoms with Crippen LogP contribution in [0.15, 0.2) is 0 Å². The van der Waals surface area contributed by atoms with Crippen LogP contribution in [0.3, 0.4) is 0 Å². The number of hydrogen-bond acceptors (Lipinski definition) is 4. The third-order valence-electron chi connectivity index (χ3n) is 5.28. The van der Waals surface area contributed by atoms with Crippen LogP contribution in [0.25, 0.3) is 0 Å². The number of rotatable bonds is 6. The summed E-state index contributed by atoms with van der Waals surface area (Å²) in [5.74, 6) is 1.11. The minimum atomic E-state index is -0.311. The molecular formula is C18H32N2O3. The Kier molecular flexibility index (Phi) is 6.45. The predicted molar refractivity (Wildman–Crippen MR) is 89.6 cm³/mol. The lowest BCUT2D eigenvalue weighted by Gasteiger charge is -2.44. The van der Waals surface area contributed by atoms with E-state index in [4.69, 9.17) is 10.5 Å². The van der Waals surface area contributed by atoms with E-state index in [0.29, 0.717) is 30.9 Å². The van der Waals surface area contributed by atoms with E-state index in [-0.39, 0.29) is 30.4 Å². The highest BCUT2D eigenvalue weighted by molar-refractivity contribution is 5.83. The fourth-order valence-corrected chi connectivity index (χ4v) is 4.28. The van der Waals surface area contributed by atoms with Gasteiger partial charge in [0.1, 0.15) is 6.54 Å². The zero-order valence-electron chi connectivity index (χ0n) is 14.8. The number of nitrogens with zero attached hydrogens (tertiary/aromatic N) is 1. The van der Waals surface area contributed by atoms with Gasteiger partial charge in [-0.1, -0.05) is 20.3 Å². The highest BCUT2D eigenvalue weighted by atomic mass is 16.5. The normalized spacial score (nSPS) is 30.1. The van der Waals surface area contributed by atoms with Crippen molar-refractivity contribution in [2.24, 2.45) is 29.4 Å². The second-order valence-corrected chi connectivity index (χ2v) is 7.61. The number of nitrogens with two attached hydrogens (primary N) is 1. The molecule has 0 aromatic heterocycles. The molecule has 0 aromatic carbocycles. The molecule has 2 atom stereocenters. The van der Waals surface area contributed by atoms with E-state index in [1.807, 2.05) is 0 Å². The van der Waals surface area contributed by atoms with Crippen molar-refractivity contribution in [1.29, 1.82) is 0 Å². The van der Waals surface area contributed by atoms with Crippen molar-refractivity contribution < 1.29 is 14.3 Å². The fraction of sp³-hybridized carbons (Fsp3) is 0.889. The van der Waals surface area contributed by atoms with E-state index in [2.05, 4.69) is 13.8 Å². The van der Waals surface area contributed by atoms with Crippen LogP contribution >= 0.6 is 0 Å². The highest BCUT2D eigenvalue weighted by Crippen LogP contribution is 2.42. The molecular weight excluding hydrogens is 292 g/mol. The van der Waals surface area contributed by atoms with Crippen LogP contribution in [0.2, 0.25) is 0 Å². The van der Waals surface area contributed by atoms with Crippen LogP contribution in [-0.2, 0) is 14.3 Å². The topological polar surface area (TPSA) is 72.6 Å². The summed E-state index contributed by atoms with van der Waals surface area (Å²) in [6, 6.07) is 0.261. The van der Waals surface area contributed by atoms with E-state index in [9.17, 15) is 9.59 Å². The van der Waals surface area contributed by atoms with E-state index < -0.39 is 0 Å². The van der Waals surface area contributed by atoms with Crippen molar-refractivity contribution in [3.8, 4) is 0 Å². The number of ether oxygens (including phenoxy) is 1. The molecule has 2 aliphatic carbocycles. The first-order valence-corrected chi connectivity index (χ1v) is 9.12. The van der Waals surface area contributed by atoms with Gasteiger partial charge in [-0.15, -0.1) is 0 Å². The Balaban J connectivity index is 2.02. The molecule has 2 saturated carbocycles. The van der Waals surface area contributed by atoms with Crippen molar-refractivity contribution in [2.75, 3.05) is 19.7 Å². The van der Waals surface area contributed by atoms with Crippen LogP contribution in [0, 0.1) is 23.7 Å². The van der Waals surface area contributed by atoms with Crippen LogP contribution in [0.1, 0.15) is 52.9 Å². The van der Waals surface area contributed by atoms with Gasteiger partial charge >= 0.3 is 5.97 Å². The Labute approximate surface area is 139 Å². The third kappa shape index (κ3) is 4.69. The summed E-state index contributed by atoms with van der Waals surface area (Å²) in [6.45, 7) is 6.95. The molecule has 2 fully saturated rings. The van der Waals surface area contributed by atoms with E-state index in [1.54, 1.807) is 11.8 Å². The van der Waals surface area contributed by atoms with Crippen LogP contribution in [-0.4, -0.2) is 42.5 Å². The second-order valence-electron chi connectivity index (χ2n) is 7.61. The maximum atomic E-state index is 13.0. The number of hydrogen-bond donors (Lipinski definition) is 1. The van der Waals surface area contributed by atoms with Gasteiger partial charge in [0.2, 0.25) is 5.91 Å². The van der Waals surface area contributed by atoms with Crippen molar-refractivity contribution in [1.82, 2.24) is 4.90 Å². The van der Waals surface area contributed by atoms with Gasteiger partial charge in [0, 0.05) is 18.5 Å². The van der Waals surface area contributed by atoms with Crippen LogP contribution < -0.4 is 5.73 Å². The van der Waals surface area contributed by atoms with E-state index in [1.165, 1.54) is 6.42 Å². The average Bonchev–Trinajstić information content (AvgIpc) is 2.45. The molecule has 1 amide bonds. The summed E-state index contributed by atoms with van der Waals surface area (Å²) in [4.78, 5) is 26.5. The zero-order valence-corrected chi connectivity index (χ0v) is 14.8. The quantitative estimate of drug-likeness (QED) is 0.760. The molecule has 5 heteroatoms. The van der Waals surface area contributed by atoms with Gasteiger partial charge in [0.15, 0.2) is 0 Å². The first kappa shape index (κ1) is 18.2. The molecule has 0 spiro atoms. The van der Waals surface area contributed by atoms with Crippen LogP contribution in [0.4, 0.5) is 0 Å². The number of esters is 1. The van der Waals surface area contributed by atoms with E-state index >= 15 is 0 Å². The minimum absolute atomic E-state index is 0.0262. The summed E-state index contributed by atoms with van der Waals surface area (Å²) in [7, 11) is 0. The monoisotopic (exact) mass is 324 g/mol. The lowest BCUT2D eigenvalue weighted by Crippen LogP contribution is -2.50. The molecule has 0 heterocycles. The Morgan fingerprint density at radius 1 is 1.22 bits per heavy atom. The maximum absolute atomic E-state index is 13.0. The minimum Gasteiger partial charge on any atom is -0.465 e. The molecule has 2 rings (SSSR count). The number of carbonyl (C=O) groups excluding carboxylic acids is 2. The summed E-state index contributed by atoms with van der Waals surface area (Å²) in [6.07, 6.45) is 5.29. The third-order valence-corrected chi connectivity index (χ3v) is 5.28. The lowest BCUT2D eigenvalue weighted by atomic mass is 9.65. The van der Waals surface area contributed by atoms with Gasteiger partial charge in [0.05, 0.1) is 6.61 Å². The summed E-state index contributed by atoms with van der Waals surface area (Å²) in [5, 5.41) is 0. The number of fused-ring (bicyclic) bond motifs is 2. The van der Waals surface area contributed by atoms with Crippen molar-refractivity contribution in [3.63, 3.8) is 0 Å². The molecule has 132 valence electrons. The van der Waals surface area contributed by atoms with E-state index in [0.717, 1.165) is 25.7 Å². The van der Waals surface area contributed by atoms with Crippen LogP contribution in [0.5, 0.6) is 0 Å². The molecule has 2 unspecified atom stereocenters. The molecule has 0 aliphatic heterocycles. The average molecular weight is 324 g/mol. The predicted octanol–water partition coefficient (Wildman–Crippen LogP) is 2.19. The lowest BCUT2D eigenvalue weighted by molar-refractivity contribution is -0.151. The fourth-order valence-electron chi connectivity index (χ4n) is 4.28. The molecule has 23 heavy (non-hydrogen) atoms. The standard InChI is InChI=1S/C18H32N2O3/c1-4-23-16(21)11-20(10-12(2)3)18(22)15-8-13-6-5-7-14(9-15)17(13)19/h12-15,17H,4-11,19H2,1-3H3. The zero-order chi connectivity index (χ0) is 17.0. The Bertz CT molecular complexity index is 410. The van der Waals surface area contributed by atoms with Crippen molar-refractivity contribution in [3.05, 3.63) is 0 Å². The first-order valence-electron chi connectivity index (χ1n) is 9.12. The summed E-state index contributed by atoms with van der Waals surface area (Å²) < 4.78 is 5.03. The molecule has 2 bridgehead atoms. The van der Waals surface area contributed by atoms with Gasteiger partial charge in [-0.3, -0.25) is 9.59 Å². The van der Waals surface area contributed by atoms with Crippen molar-refractivity contribution in [2.45, 2.75) is 58.9 Å². The Morgan fingerprint density at radius 3 is 2.35 bits per heavy atom. The first-order chi connectivity index (χ1) is 10.9.